The van der Waals surface area contributed by atoms with Crippen LogP contribution in [0.2, 0.25) is 5.02 Å². The molecule has 0 fully saturated rings. The Hall–Kier alpha value is -3.00. The Kier molecular flexibility index (Phi) is 6.12. The van der Waals surface area contributed by atoms with E-state index in [1.54, 1.807) is 24.4 Å². The van der Waals surface area contributed by atoms with Gasteiger partial charge in [-0.15, -0.1) is 0 Å². The van der Waals surface area contributed by atoms with Crippen molar-refractivity contribution >= 4 is 34.3 Å². The lowest BCUT2D eigenvalue weighted by Gasteiger charge is -2.19. The van der Waals surface area contributed by atoms with Crippen molar-refractivity contribution in [1.82, 2.24) is 15.6 Å². The summed E-state index contributed by atoms with van der Waals surface area (Å²) in [5.41, 5.74) is 1.63. The number of rotatable bonds is 6. The molecular formula is C20H17ClF3N3O2. The van der Waals surface area contributed by atoms with Gasteiger partial charge in [-0.25, -0.2) is 0 Å². The molecule has 3 N–H and O–H groups in total. The molecule has 1 heterocycles. The van der Waals surface area contributed by atoms with Gasteiger partial charge in [-0.1, -0.05) is 41.9 Å². The molecule has 3 aromatic rings. The standard InChI is InChI=1S/C20H17ClF3N3O2/c21-15-7-3-1-6-14(15)18(28)27-17(19(29)26-11-20(22,23)24)9-12-10-25-16-8-4-2-5-13(12)16/h1-8,10,17,25H,9,11H2,(H,26,29)(H,27,28). The number of amides is 2. The van der Waals surface area contributed by atoms with Crippen molar-refractivity contribution < 1.29 is 22.8 Å². The second kappa shape index (κ2) is 8.57. The summed E-state index contributed by atoms with van der Waals surface area (Å²) in [5.74, 6) is -1.59. The number of hydrogen-bond acceptors (Lipinski definition) is 2. The Bertz CT molecular complexity index is 1030. The molecule has 0 aliphatic rings. The van der Waals surface area contributed by atoms with Gasteiger partial charge in [0.15, 0.2) is 0 Å². The molecule has 0 radical (unpaired) electrons. The van der Waals surface area contributed by atoms with Gasteiger partial charge in [0.05, 0.1) is 10.6 Å². The summed E-state index contributed by atoms with van der Waals surface area (Å²) in [6.07, 6.45) is -2.89. The van der Waals surface area contributed by atoms with Gasteiger partial charge in [0, 0.05) is 23.5 Å². The Balaban J connectivity index is 1.84. The van der Waals surface area contributed by atoms with Crippen molar-refractivity contribution in [2.45, 2.75) is 18.6 Å². The Labute approximate surface area is 169 Å². The Morgan fingerprint density at radius 2 is 1.76 bits per heavy atom. The number of carbonyl (C=O) groups is 2. The van der Waals surface area contributed by atoms with Crippen LogP contribution >= 0.6 is 11.6 Å². The Morgan fingerprint density at radius 1 is 1.07 bits per heavy atom. The van der Waals surface area contributed by atoms with E-state index in [9.17, 15) is 22.8 Å². The molecule has 1 atom stereocenters. The molecule has 0 saturated carbocycles. The zero-order chi connectivity index (χ0) is 21.0. The van der Waals surface area contributed by atoms with Crippen molar-refractivity contribution in [3.05, 3.63) is 70.9 Å². The fraction of sp³-hybridized carbons (Fsp3) is 0.200. The topological polar surface area (TPSA) is 74.0 Å². The third kappa shape index (κ3) is 5.29. The summed E-state index contributed by atoms with van der Waals surface area (Å²) >= 11 is 6.01. The molecule has 0 aliphatic carbocycles. The average Bonchev–Trinajstić information content (AvgIpc) is 3.08. The SMILES string of the molecule is O=C(NC(Cc1c[nH]c2ccccc12)C(=O)NCC(F)(F)F)c1ccccc1Cl. The summed E-state index contributed by atoms with van der Waals surface area (Å²) in [4.78, 5) is 28.0. The highest BCUT2D eigenvalue weighted by Gasteiger charge is 2.30. The number of H-pyrrole nitrogens is 1. The van der Waals surface area contributed by atoms with Crippen LogP contribution in [0.3, 0.4) is 0 Å². The van der Waals surface area contributed by atoms with Crippen LogP contribution in [0.5, 0.6) is 0 Å². The second-order valence-corrected chi connectivity index (χ2v) is 6.81. The molecule has 9 heteroatoms. The van der Waals surface area contributed by atoms with Crippen LogP contribution < -0.4 is 10.6 Å². The van der Waals surface area contributed by atoms with Crippen LogP contribution in [0, 0.1) is 0 Å². The summed E-state index contributed by atoms with van der Waals surface area (Å²) in [6.45, 7) is -1.49. The quantitative estimate of drug-likeness (QED) is 0.563. The molecule has 2 amide bonds. The minimum absolute atomic E-state index is 0.00387. The third-order valence-corrected chi connectivity index (χ3v) is 4.63. The predicted molar refractivity (Wildman–Crippen MR) is 104 cm³/mol. The molecule has 1 unspecified atom stereocenters. The van der Waals surface area contributed by atoms with Crippen LogP contribution in [0.15, 0.2) is 54.7 Å². The lowest BCUT2D eigenvalue weighted by molar-refractivity contribution is -0.139. The number of benzene rings is 2. The van der Waals surface area contributed by atoms with Gasteiger partial charge in [-0.2, -0.15) is 13.2 Å². The number of aromatic amines is 1. The van der Waals surface area contributed by atoms with Gasteiger partial charge in [0.1, 0.15) is 12.6 Å². The third-order valence-electron chi connectivity index (χ3n) is 4.30. The average molecular weight is 424 g/mol. The summed E-state index contributed by atoms with van der Waals surface area (Å²) in [6, 6.07) is 12.3. The lowest BCUT2D eigenvalue weighted by Crippen LogP contribution is -2.49. The van der Waals surface area contributed by atoms with E-state index in [-0.39, 0.29) is 17.0 Å². The highest BCUT2D eigenvalue weighted by molar-refractivity contribution is 6.33. The number of hydrogen-bond donors (Lipinski definition) is 3. The van der Waals surface area contributed by atoms with Crippen molar-refractivity contribution in [3.63, 3.8) is 0 Å². The first-order chi connectivity index (χ1) is 13.7. The Morgan fingerprint density at radius 3 is 2.48 bits per heavy atom. The van der Waals surface area contributed by atoms with E-state index in [0.29, 0.717) is 5.56 Å². The molecule has 0 bridgehead atoms. The van der Waals surface area contributed by atoms with Crippen LogP contribution in [0.4, 0.5) is 13.2 Å². The molecule has 1 aromatic heterocycles. The highest BCUT2D eigenvalue weighted by atomic mass is 35.5. The molecular weight excluding hydrogens is 407 g/mol. The van der Waals surface area contributed by atoms with E-state index >= 15 is 0 Å². The molecule has 0 spiro atoms. The van der Waals surface area contributed by atoms with Crippen LogP contribution in [-0.2, 0) is 11.2 Å². The van der Waals surface area contributed by atoms with Gasteiger partial charge in [-0.05, 0) is 23.8 Å². The minimum atomic E-state index is -4.56. The van der Waals surface area contributed by atoms with Crippen molar-refractivity contribution in [1.29, 1.82) is 0 Å². The van der Waals surface area contributed by atoms with Crippen molar-refractivity contribution in [2.24, 2.45) is 0 Å². The monoisotopic (exact) mass is 423 g/mol. The van der Waals surface area contributed by atoms with E-state index in [4.69, 9.17) is 11.6 Å². The molecule has 29 heavy (non-hydrogen) atoms. The van der Waals surface area contributed by atoms with E-state index in [1.807, 2.05) is 23.5 Å². The maximum absolute atomic E-state index is 12.6. The molecule has 152 valence electrons. The first kappa shape index (κ1) is 20.7. The number of alkyl halides is 3. The van der Waals surface area contributed by atoms with E-state index in [0.717, 1.165) is 10.9 Å². The smallest absolute Gasteiger partial charge is 0.361 e. The first-order valence-electron chi connectivity index (χ1n) is 8.69. The van der Waals surface area contributed by atoms with Crippen molar-refractivity contribution in [2.75, 3.05) is 6.54 Å². The lowest BCUT2D eigenvalue weighted by atomic mass is 10.0. The van der Waals surface area contributed by atoms with Gasteiger partial charge >= 0.3 is 6.18 Å². The second-order valence-electron chi connectivity index (χ2n) is 6.40. The first-order valence-corrected chi connectivity index (χ1v) is 9.07. The number of aromatic nitrogens is 1. The molecule has 0 aliphatic heterocycles. The van der Waals surface area contributed by atoms with E-state index < -0.39 is 30.6 Å². The molecule has 3 rings (SSSR count). The van der Waals surface area contributed by atoms with Gasteiger partial charge < -0.3 is 15.6 Å². The fourth-order valence-electron chi connectivity index (χ4n) is 2.92. The fourth-order valence-corrected chi connectivity index (χ4v) is 3.14. The molecule has 2 aromatic carbocycles. The van der Waals surface area contributed by atoms with Gasteiger partial charge in [-0.3, -0.25) is 9.59 Å². The van der Waals surface area contributed by atoms with Crippen LogP contribution in [-0.4, -0.2) is 35.6 Å². The molecule has 5 nitrogen and oxygen atoms in total. The van der Waals surface area contributed by atoms with E-state index in [1.165, 1.54) is 12.1 Å². The number of fused-ring (bicyclic) bond motifs is 1. The number of halogens is 4. The van der Waals surface area contributed by atoms with Crippen LogP contribution in [0.1, 0.15) is 15.9 Å². The number of para-hydroxylation sites is 1. The number of carbonyl (C=O) groups excluding carboxylic acids is 2. The van der Waals surface area contributed by atoms with Crippen molar-refractivity contribution in [3.8, 4) is 0 Å². The van der Waals surface area contributed by atoms with E-state index in [2.05, 4.69) is 10.3 Å². The van der Waals surface area contributed by atoms with Crippen LogP contribution in [0.25, 0.3) is 10.9 Å². The van der Waals surface area contributed by atoms with Gasteiger partial charge in [0.25, 0.3) is 5.91 Å². The largest absolute Gasteiger partial charge is 0.405 e. The summed E-state index contributed by atoms with van der Waals surface area (Å²) < 4.78 is 37.6. The minimum Gasteiger partial charge on any atom is -0.361 e. The maximum atomic E-state index is 12.6. The molecule has 0 saturated heterocycles. The maximum Gasteiger partial charge on any atom is 0.405 e. The number of nitrogens with one attached hydrogen (secondary N) is 3. The normalized spacial score (nSPS) is 12.6. The summed E-state index contributed by atoms with van der Waals surface area (Å²) in [7, 11) is 0. The summed E-state index contributed by atoms with van der Waals surface area (Å²) in [5, 5.41) is 5.32. The highest BCUT2D eigenvalue weighted by Crippen LogP contribution is 2.20. The van der Waals surface area contributed by atoms with Gasteiger partial charge in [0.2, 0.25) is 5.91 Å². The predicted octanol–water partition coefficient (Wildman–Crippen LogP) is 3.84. The zero-order valence-corrected chi connectivity index (χ0v) is 15.8. The zero-order valence-electron chi connectivity index (χ0n) is 15.0.